The van der Waals surface area contributed by atoms with Crippen LogP contribution in [0, 0.1) is 5.92 Å². The van der Waals surface area contributed by atoms with Crippen LogP contribution in [-0.4, -0.2) is 32.3 Å². The normalized spacial score (nSPS) is 18.9. The summed E-state index contributed by atoms with van der Waals surface area (Å²) in [5.74, 6) is 5.18. The van der Waals surface area contributed by atoms with Crippen molar-refractivity contribution in [3.8, 4) is 11.5 Å². The van der Waals surface area contributed by atoms with Gasteiger partial charge < -0.3 is 14.8 Å². The van der Waals surface area contributed by atoms with Crippen LogP contribution in [0.15, 0.2) is 18.2 Å². The fourth-order valence-corrected chi connectivity index (χ4v) is 3.44. The predicted molar refractivity (Wildman–Crippen MR) is 76.7 cm³/mol. The van der Waals surface area contributed by atoms with Crippen molar-refractivity contribution in [1.29, 1.82) is 0 Å². The minimum Gasteiger partial charge on any atom is -0.497 e. The van der Waals surface area contributed by atoms with Crippen LogP contribution < -0.4 is 14.8 Å². The van der Waals surface area contributed by atoms with Crippen molar-refractivity contribution >= 4 is 11.8 Å². The fourth-order valence-electron chi connectivity index (χ4n) is 2.15. The minimum atomic E-state index is 0.833. The molecule has 0 spiro atoms. The number of thioether (sulfide) groups is 1. The highest BCUT2D eigenvalue weighted by Crippen LogP contribution is 2.25. The highest BCUT2D eigenvalue weighted by atomic mass is 32.2. The van der Waals surface area contributed by atoms with Gasteiger partial charge in [-0.3, -0.25) is 0 Å². The molecule has 1 aromatic rings. The van der Waals surface area contributed by atoms with Gasteiger partial charge in [0.25, 0.3) is 0 Å². The first-order chi connectivity index (χ1) is 8.83. The van der Waals surface area contributed by atoms with E-state index in [1.165, 1.54) is 23.5 Å². The summed E-state index contributed by atoms with van der Waals surface area (Å²) < 4.78 is 10.6. The molecule has 100 valence electrons. The highest BCUT2D eigenvalue weighted by molar-refractivity contribution is 7.99. The summed E-state index contributed by atoms with van der Waals surface area (Å²) in [4.78, 5) is 0. The van der Waals surface area contributed by atoms with Crippen LogP contribution in [-0.2, 0) is 6.54 Å². The molecule has 1 fully saturated rings. The first-order valence-corrected chi connectivity index (χ1v) is 7.48. The van der Waals surface area contributed by atoms with E-state index in [9.17, 15) is 0 Å². The number of rotatable bonds is 6. The van der Waals surface area contributed by atoms with Gasteiger partial charge in [0.15, 0.2) is 0 Å². The van der Waals surface area contributed by atoms with E-state index in [-0.39, 0.29) is 0 Å². The standard InChI is InChI=1S/C14H21NO2S/c1-16-13-4-3-12(14(7-13)17-2)9-15-8-11-5-6-18-10-11/h3-4,7,11,15H,5-6,8-10H2,1-2H3. The molecule has 1 atom stereocenters. The number of methoxy groups -OCH3 is 2. The van der Waals surface area contributed by atoms with E-state index in [0.717, 1.165) is 30.5 Å². The van der Waals surface area contributed by atoms with Gasteiger partial charge in [-0.2, -0.15) is 11.8 Å². The summed E-state index contributed by atoms with van der Waals surface area (Å²) in [6.45, 7) is 1.95. The lowest BCUT2D eigenvalue weighted by molar-refractivity contribution is 0.389. The second-order valence-corrected chi connectivity index (χ2v) is 5.69. The largest absolute Gasteiger partial charge is 0.497 e. The Morgan fingerprint density at radius 2 is 2.22 bits per heavy atom. The van der Waals surface area contributed by atoms with E-state index in [2.05, 4.69) is 23.1 Å². The van der Waals surface area contributed by atoms with E-state index < -0.39 is 0 Å². The first-order valence-electron chi connectivity index (χ1n) is 6.33. The number of hydrogen-bond acceptors (Lipinski definition) is 4. The van der Waals surface area contributed by atoms with Gasteiger partial charge in [-0.1, -0.05) is 6.07 Å². The molecule has 18 heavy (non-hydrogen) atoms. The van der Waals surface area contributed by atoms with Crippen molar-refractivity contribution < 1.29 is 9.47 Å². The second kappa shape index (κ2) is 6.90. The molecule has 0 radical (unpaired) electrons. The van der Waals surface area contributed by atoms with Crippen LogP contribution in [0.1, 0.15) is 12.0 Å². The van der Waals surface area contributed by atoms with Crippen molar-refractivity contribution in [3.63, 3.8) is 0 Å². The molecule has 3 nitrogen and oxygen atoms in total. The van der Waals surface area contributed by atoms with Gasteiger partial charge in [-0.25, -0.2) is 0 Å². The highest BCUT2D eigenvalue weighted by Gasteiger charge is 2.14. The van der Waals surface area contributed by atoms with Crippen molar-refractivity contribution in [1.82, 2.24) is 5.32 Å². The molecule has 0 saturated carbocycles. The lowest BCUT2D eigenvalue weighted by atomic mass is 10.1. The van der Waals surface area contributed by atoms with Gasteiger partial charge in [0.05, 0.1) is 14.2 Å². The summed E-state index contributed by atoms with van der Waals surface area (Å²) in [5.41, 5.74) is 1.18. The Labute approximate surface area is 113 Å². The summed E-state index contributed by atoms with van der Waals surface area (Å²) in [5, 5.41) is 3.52. The van der Waals surface area contributed by atoms with Crippen molar-refractivity contribution in [2.24, 2.45) is 5.92 Å². The maximum Gasteiger partial charge on any atom is 0.127 e. The Morgan fingerprint density at radius 3 is 2.89 bits per heavy atom. The molecule has 0 aromatic heterocycles. The quantitative estimate of drug-likeness (QED) is 0.858. The third-order valence-corrected chi connectivity index (χ3v) is 4.50. The molecule has 1 N–H and O–H groups in total. The molecule has 0 bridgehead atoms. The topological polar surface area (TPSA) is 30.5 Å². The summed E-state index contributed by atoms with van der Waals surface area (Å²) in [6, 6.07) is 5.97. The molecular formula is C14H21NO2S. The SMILES string of the molecule is COc1ccc(CNCC2CCSC2)c(OC)c1. The zero-order valence-corrected chi connectivity index (χ0v) is 11.9. The molecule has 1 aliphatic heterocycles. The van der Waals surface area contributed by atoms with Crippen molar-refractivity contribution in [2.75, 3.05) is 32.3 Å². The smallest absolute Gasteiger partial charge is 0.127 e. The van der Waals surface area contributed by atoms with Gasteiger partial charge in [0.2, 0.25) is 0 Å². The number of hydrogen-bond donors (Lipinski definition) is 1. The monoisotopic (exact) mass is 267 g/mol. The van der Waals surface area contributed by atoms with Crippen LogP contribution >= 0.6 is 11.8 Å². The molecule has 1 heterocycles. The maximum atomic E-state index is 5.39. The maximum absolute atomic E-state index is 5.39. The zero-order chi connectivity index (χ0) is 12.8. The number of nitrogens with one attached hydrogen (secondary N) is 1. The number of ether oxygens (including phenoxy) is 2. The molecule has 1 unspecified atom stereocenters. The Bertz CT molecular complexity index is 378. The first kappa shape index (κ1) is 13.6. The van der Waals surface area contributed by atoms with Gasteiger partial charge in [-0.15, -0.1) is 0 Å². The second-order valence-electron chi connectivity index (χ2n) is 4.54. The van der Waals surface area contributed by atoms with E-state index in [1.54, 1.807) is 14.2 Å². The summed E-state index contributed by atoms with van der Waals surface area (Å²) >= 11 is 2.06. The number of benzene rings is 1. The zero-order valence-electron chi connectivity index (χ0n) is 11.1. The summed E-state index contributed by atoms with van der Waals surface area (Å²) in [7, 11) is 3.37. The average molecular weight is 267 g/mol. The molecular weight excluding hydrogens is 246 g/mol. The van der Waals surface area contributed by atoms with Crippen LogP contribution in [0.5, 0.6) is 11.5 Å². The molecule has 0 aliphatic carbocycles. The lowest BCUT2D eigenvalue weighted by Crippen LogP contribution is -2.22. The Kier molecular flexibility index (Phi) is 5.20. The average Bonchev–Trinajstić information content (AvgIpc) is 2.92. The molecule has 0 amide bonds. The fraction of sp³-hybridized carbons (Fsp3) is 0.571. The van der Waals surface area contributed by atoms with Gasteiger partial charge >= 0.3 is 0 Å². The van der Waals surface area contributed by atoms with Gasteiger partial charge in [0, 0.05) is 18.2 Å². The molecule has 4 heteroatoms. The summed E-state index contributed by atoms with van der Waals surface area (Å²) in [6.07, 6.45) is 1.34. The van der Waals surface area contributed by atoms with Crippen LogP contribution in [0.25, 0.3) is 0 Å². The van der Waals surface area contributed by atoms with Crippen LogP contribution in [0.3, 0.4) is 0 Å². The van der Waals surface area contributed by atoms with Gasteiger partial charge in [0.1, 0.15) is 11.5 Å². The molecule has 1 aromatic carbocycles. The van der Waals surface area contributed by atoms with Crippen molar-refractivity contribution in [2.45, 2.75) is 13.0 Å². The Morgan fingerprint density at radius 1 is 1.33 bits per heavy atom. The third-order valence-electron chi connectivity index (χ3n) is 3.27. The molecule has 1 saturated heterocycles. The minimum absolute atomic E-state index is 0.833. The van der Waals surface area contributed by atoms with E-state index in [1.807, 2.05) is 12.1 Å². The predicted octanol–water partition coefficient (Wildman–Crippen LogP) is 2.55. The van der Waals surface area contributed by atoms with E-state index >= 15 is 0 Å². The molecule has 2 rings (SSSR count). The van der Waals surface area contributed by atoms with Crippen LogP contribution in [0.2, 0.25) is 0 Å². The van der Waals surface area contributed by atoms with E-state index in [4.69, 9.17) is 9.47 Å². The Balaban J connectivity index is 1.87. The van der Waals surface area contributed by atoms with Crippen molar-refractivity contribution in [3.05, 3.63) is 23.8 Å². The third kappa shape index (κ3) is 3.56. The lowest BCUT2D eigenvalue weighted by Gasteiger charge is -2.13. The Hall–Kier alpha value is -0.870. The molecule has 1 aliphatic rings. The van der Waals surface area contributed by atoms with Gasteiger partial charge in [-0.05, 0) is 36.5 Å². The van der Waals surface area contributed by atoms with E-state index in [0.29, 0.717) is 0 Å². The van der Waals surface area contributed by atoms with Crippen LogP contribution in [0.4, 0.5) is 0 Å².